The molecule has 1 N–H and O–H groups in total. The van der Waals surface area contributed by atoms with E-state index in [9.17, 15) is 9.90 Å². The van der Waals surface area contributed by atoms with E-state index in [1.165, 1.54) is 0 Å². The third kappa shape index (κ3) is 3.38. The molecule has 0 bridgehead atoms. The zero-order valence-electron chi connectivity index (χ0n) is 14.5. The number of likely N-dealkylation sites (tertiary alicyclic amines) is 1. The van der Waals surface area contributed by atoms with Crippen LogP contribution in [0.4, 0.5) is 4.79 Å². The van der Waals surface area contributed by atoms with Gasteiger partial charge >= 0.3 is 6.09 Å². The number of ether oxygens (including phenoxy) is 1. The van der Waals surface area contributed by atoms with Crippen LogP contribution in [0.25, 0.3) is 10.9 Å². The molecule has 1 aliphatic heterocycles. The Bertz CT molecular complexity index is 733. The fourth-order valence-corrected chi connectivity index (χ4v) is 3.07. The van der Waals surface area contributed by atoms with Crippen LogP contribution in [0, 0.1) is 0 Å². The van der Waals surface area contributed by atoms with Crippen molar-refractivity contribution < 1.29 is 14.6 Å². The summed E-state index contributed by atoms with van der Waals surface area (Å²) in [5.74, 6) is 0. The lowest BCUT2D eigenvalue weighted by Gasteiger charge is -2.41. The molecule has 1 aromatic heterocycles. The van der Waals surface area contributed by atoms with Crippen LogP contribution in [0.3, 0.4) is 0 Å². The monoisotopic (exact) mass is 331 g/mol. The molecular weight excluding hydrogens is 306 g/mol. The van der Waals surface area contributed by atoms with E-state index in [4.69, 9.17) is 4.74 Å². The number of rotatable bonds is 4. The highest BCUT2D eigenvalue weighted by atomic mass is 16.6. The van der Waals surface area contributed by atoms with Gasteiger partial charge in [-0.1, -0.05) is 18.2 Å². The van der Waals surface area contributed by atoms with E-state index in [-0.39, 0.29) is 18.7 Å². The summed E-state index contributed by atoms with van der Waals surface area (Å²) in [6, 6.07) is 8.08. The Kier molecular flexibility index (Phi) is 4.49. The minimum Gasteiger partial charge on any atom is -0.444 e. The van der Waals surface area contributed by atoms with Gasteiger partial charge < -0.3 is 14.7 Å². The molecule has 1 saturated heterocycles. The van der Waals surface area contributed by atoms with Crippen molar-refractivity contribution in [1.82, 2.24) is 14.7 Å². The van der Waals surface area contributed by atoms with Crippen LogP contribution in [0.1, 0.15) is 32.9 Å². The molecule has 130 valence electrons. The summed E-state index contributed by atoms with van der Waals surface area (Å²) in [6.45, 7) is 6.87. The van der Waals surface area contributed by atoms with Gasteiger partial charge in [0.05, 0.1) is 18.7 Å². The van der Waals surface area contributed by atoms with Gasteiger partial charge in [0.2, 0.25) is 0 Å². The summed E-state index contributed by atoms with van der Waals surface area (Å²) < 4.78 is 7.34. The van der Waals surface area contributed by atoms with Gasteiger partial charge in [-0.3, -0.25) is 4.68 Å². The molecule has 0 aliphatic carbocycles. The number of carbonyl (C=O) groups excluding carboxylic acids is 1. The molecule has 2 heterocycles. The van der Waals surface area contributed by atoms with Crippen LogP contribution in [0.5, 0.6) is 0 Å². The Labute approximate surface area is 142 Å². The highest BCUT2D eigenvalue weighted by molar-refractivity contribution is 5.81. The topological polar surface area (TPSA) is 67.6 Å². The molecule has 0 radical (unpaired) electrons. The molecule has 3 rings (SSSR count). The number of nitrogens with zero attached hydrogens (tertiary/aromatic N) is 3. The number of benzene rings is 1. The predicted molar refractivity (Wildman–Crippen MR) is 91.9 cm³/mol. The van der Waals surface area contributed by atoms with E-state index >= 15 is 0 Å². The average molecular weight is 331 g/mol. The van der Waals surface area contributed by atoms with E-state index in [2.05, 4.69) is 5.10 Å². The first-order chi connectivity index (χ1) is 11.4. The van der Waals surface area contributed by atoms with E-state index < -0.39 is 5.60 Å². The molecule has 1 atom stereocenters. The van der Waals surface area contributed by atoms with Crippen LogP contribution in [-0.4, -0.2) is 50.7 Å². The minimum absolute atomic E-state index is 0.0431. The van der Waals surface area contributed by atoms with Crippen molar-refractivity contribution in [2.75, 3.05) is 13.2 Å². The second-order valence-corrected chi connectivity index (χ2v) is 7.23. The van der Waals surface area contributed by atoms with Crippen LogP contribution in [0.15, 0.2) is 24.3 Å². The molecule has 24 heavy (non-hydrogen) atoms. The first-order valence-corrected chi connectivity index (χ1v) is 8.44. The van der Waals surface area contributed by atoms with Crippen LogP contribution < -0.4 is 0 Å². The smallest absolute Gasteiger partial charge is 0.410 e. The maximum absolute atomic E-state index is 12.3. The fourth-order valence-electron chi connectivity index (χ4n) is 3.07. The SMILES string of the molecule is CC(C)(C)OC(=O)N1CCC1Cc1c2ccccc2nn1CCO. The lowest BCUT2D eigenvalue weighted by Crippen LogP contribution is -2.53. The van der Waals surface area contributed by atoms with Gasteiger partial charge in [-0.2, -0.15) is 5.10 Å². The number of hydrogen-bond donors (Lipinski definition) is 1. The first-order valence-electron chi connectivity index (χ1n) is 8.44. The van der Waals surface area contributed by atoms with E-state index in [1.807, 2.05) is 49.7 Å². The molecule has 1 amide bonds. The summed E-state index contributed by atoms with van der Waals surface area (Å²) in [7, 11) is 0. The second-order valence-electron chi connectivity index (χ2n) is 7.23. The Morgan fingerprint density at radius 3 is 2.75 bits per heavy atom. The van der Waals surface area contributed by atoms with Gasteiger partial charge in [0, 0.05) is 30.1 Å². The lowest BCUT2D eigenvalue weighted by molar-refractivity contribution is -0.00530. The quantitative estimate of drug-likeness (QED) is 0.935. The maximum atomic E-state index is 12.3. The summed E-state index contributed by atoms with van der Waals surface area (Å²) >= 11 is 0. The normalized spacial score (nSPS) is 17.8. The standard InChI is InChI=1S/C18H25N3O3/c1-18(2,3)24-17(23)20-9-8-13(20)12-16-14-6-4-5-7-15(14)19-21(16)10-11-22/h4-7,13,22H,8-12H2,1-3H3. The Morgan fingerprint density at radius 1 is 1.38 bits per heavy atom. The predicted octanol–water partition coefficient (Wildman–Crippen LogP) is 2.58. The van der Waals surface area contributed by atoms with Crippen molar-refractivity contribution in [3.8, 4) is 0 Å². The van der Waals surface area contributed by atoms with Crippen molar-refractivity contribution >= 4 is 17.0 Å². The lowest BCUT2D eigenvalue weighted by atomic mass is 9.97. The molecule has 2 aromatic rings. The number of carbonyl (C=O) groups is 1. The van der Waals surface area contributed by atoms with E-state index in [0.29, 0.717) is 6.54 Å². The Hall–Kier alpha value is -2.08. The zero-order chi connectivity index (χ0) is 17.3. The highest BCUT2D eigenvalue weighted by Gasteiger charge is 2.36. The molecule has 6 nitrogen and oxygen atoms in total. The number of hydrogen-bond acceptors (Lipinski definition) is 4. The van der Waals surface area contributed by atoms with Gasteiger partial charge in [-0.15, -0.1) is 0 Å². The minimum atomic E-state index is -0.484. The van der Waals surface area contributed by atoms with Gasteiger partial charge in [-0.25, -0.2) is 4.79 Å². The fraction of sp³-hybridized carbons (Fsp3) is 0.556. The first kappa shape index (κ1) is 16.8. The average Bonchev–Trinajstić information content (AvgIpc) is 2.79. The van der Waals surface area contributed by atoms with Gasteiger partial charge in [0.1, 0.15) is 5.60 Å². The van der Waals surface area contributed by atoms with Crippen molar-refractivity contribution in [3.63, 3.8) is 0 Å². The Morgan fingerprint density at radius 2 is 2.12 bits per heavy atom. The summed E-state index contributed by atoms with van der Waals surface area (Å²) in [4.78, 5) is 14.1. The highest BCUT2D eigenvalue weighted by Crippen LogP contribution is 2.27. The zero-order valence-corrected chi connectivity index (χ0v) is 14.5. The molecule has 6 heteroatoms. The van der Waals surface area contributed by atoms with E-state index in [0.717, 1.165) is 36.0 Å². The second kappa shape index (κ2) is 6.43. The largest absolute Gasteiger partial charge is 0.444 e. The third-order valence-electron chi connectivity index (χ3n) is 4.27. The number of aromatic nitrogens is 2. The molecule has 0 spiro atoms. The van der Waals surface area contributed by atoms with Crippen LogP contribution >= 0.6 is 0 Å². The van der Waals surface area contributed by atoms with Crippen molar-refractivity contribution in [2.45, 2.75) is 51.8 Å². The molecule has 1 aliphatic rings. The van der Waals surface area contributed by atoms with Gasteiger partial charge in [-0.05, 0) is 33.3 Å². The van der Waals surface area contributed by atoms with E-state index in [1.54, 1.807) is 4.90 Å². The number of aliphatic hydroxyl groups is 1. The third-order valence-corrected chi connectivity index (χ3v) is 4.27. The van der Waals surface area contributed by atoms with Crippen molar-refractivity contribution in [1.29, 1.82) is 0 Å². The summed E-state index contributed by atoms with van der Waals surface area (Å²) in [5, 5.41) is 14.9. The molecular formula is C18H25N3O3. The van der Waals surface area contributed by atoms with Gasteiger partial charge in [0.25, 0.3) is 0 Å². The molecule has 0 saturated carbocycles. The number of amides is 1. The Balaban J connectivity index is 1.79. The van der Waals surface area contributed by atoms with Crippen LogP contribution in [-0.2, 0) is 17.7 Å². The van der Waals surface area contributed by atoms with Crippen LogP contribution in [0.2, 0.25) is 0 Å². The maximum Gasteiger partial charge on any atom is 0.410 e. The summed E-state index contributed by atoms with van der Waals surface area (Å²) in [6.07, 6.45) is 1.42. The molecule has 1 fully saturated rings. The van der Waals surface area contributed by atoms with Crippen molar-refractivity contribution in [3.05, 3.63) is 30.0 Å². The molecule has 1 aromatic carbocycles. The van der Waals surface area contributed by atoms with Crippen molar-refractivity contribution in [2.24, 2.45) is 0 Å². The summed E-state index contributed by atoms with van der Waals surface area (Å²) in [5.41, 5.74) is 1.50. The number of fused-ring (bicyclic) bond motifs is 1. The molecule has 1 unspecified atom stereocenters. The van der Waals surface area contributed by atoms with Gasteiger partial charge in [0.15, 0.2) is 0 Å². The number of aliphatic hydroxyl groups excluding tert-OH is 1.